The standard InChI is InChI=1S/C35H42N4O10/c1-20(38(6)34(46)49-35(2,3)4)30(41)36-26-19-48-29-24(31(42)37(5)15-16-40)9-8-10-27(29)39(32(26)43)18-25-23-13-11-22(33(44)45)17-21(23)12-14-28(25)47-7/h8-14,17,20,26,40H,15-16,18-19H2,1-7H3,(H,36,41)(H,44,45)/t20-,26-/m0/s1. The molecule has 0 fully saturated rings. The van der Waals surface area contributed by atoms with E-state index in [4.69, 9.17) is 14.2 Å². The van der Waals surface area contributed by atoms with E-state index in [1.807, 2.05) is 0 Å². The molecule has 2 atom stereocenters. The Bertz CT molecular complexity index is 1770. The van der Waals surface area contributed by atoms with Gasteiger partial charge >= 0.3 is 12.1 Å². The number of benzene rings is 3. The number of nitrogens with one attached hydrogen (secondary N) is 1. The molecular weight excluding hydrogens is 636 g/mol. The molecule has 0 spiro atoms. The Kier molecular flexibility index (Phi) is 11.0. The van der Waals surface area contributed by atoms with Gasteiger partial charge in [-0.1, -0.05) is 18.2 Å². The molecule has 49 heavy (non-hydrogen) atoms. The van der Waals surface area contributed by atoms with Crippen LogP contribution in [0.5, 0.6) is 11.5 Å². The Morgan fingerprint density at radius 2 is 1.82 bits per heavy atom. The van der Waals surface area contributed by atoms with Gasteiger partial charge in [-0.3, -0.25) is 19.3 Å². The molecule has 14 heteroatoms. The van der Waals surface area contributed by atoms with Gasteiger partial charge in [0, 0.05) is 26.2 Å². The summed E-state index contributed by atoms with van der Waals surface area (Å²) in [5, 5.41) is 22.9. The summed E-state index contributed by atoms with van der Waals surface area (Å²) in [5.41, 5.74) is 0.196. The number of aliphatic hydroxyl groups is 1. The number of hydrogen-bond acceptors (Lipinski definition) is 9. The van der Waals surface area contributed by atoms with Gasteiger partial charge in [-0.2, -0.15) is 0 Å². The van der Waals surface area contributed by atoms with Crippen LogP contribution in [-0.4, -0.2) is 108 Å². The SMILES string of the molecule is COc1ccc2cc(C(=O)O)ccc2c1CN1C(=O)[C@@H](NC(=O)[C@H](C)N(C)C(=O)OC(C)(C)C)COc2c(C(=O)N(C)CCO)cccc21. The van der Waals surface area contributed by atoms with Crippen molar-refractivity contribution in [1.82, 2.24) is 15.1 Å². The van der Waals surface area contributed by atoms with Crippen molar-refractivity contribution < 1.29 is 48.4 Å². The number of carbonyl (C=O) groups is 5. The quantitative estimate of drug-likeness (QED) is 0.289. The Hall–Kier alpha value is -5.37. The summed E-state index contributed by atoms with van der Waals surface area (Å²) >= 11 is 0. The molecule has 4 rings (SSSR count). The maximum absolute atomic E-state index is 14.4. The van der Waals surface area contributed by atoms with Crippen LogP contribution in [0.15, 0.2) is 48.5 Å². The summed E-state index contributed by atoms with van der Waals surface area (Å²) in [7, 11) is 4.40. The first-order valence-electron chi connectivity index (χ1n) is 15.6. The highest BCUT2D eigenvalue weighted by Crippen LogP contribution is 2.39. The van der Waals surface area contributed by atoms with E-state index in [-0.39, 0.29) is 48.9 Å². The molecule has 0 aliphatic carbocycles. The second kappa shape index (κ2) is 14.8. The lowest BCUT2D eigenvalue weighted by molar-refractivity contribution is -0.130. The number of methoxy groups -OCH3 is 1. The number of anilines is 1. The van der Waals surface area contributed by atoms with Gasteiger partial charge in [-0.05, 0) is 68.8 Å². The normalized spacial score (nSPS) is 15.0. The van der Waals surface area contributed by atoms with Crippen molar-refractivity contribution in [3.8, 4) is 11.5 Å². The number of fused-ring (bicyclic) bond motifs is 2. The van der Waals surface area contributed by atoms with Crippen molar-refractivity contribution in [2.75, 3.05) is 45.9 Å². The van der Waals surface area contributed by atoms with Crippen LogP contribution in [0, 0.1) is 0 Å². The number of aromatic carboxylic acids is 1. The predicted octanol–water partition coefficient (Wildman–Crippen LogP) is 3.28. The Balaban J connectivity index is 1.79. The van der Waals surface area contributed by atoms with Gasteiger partial charge in [0.15, 0.2) is 5.75 Å². The predicted molar refractivity (Wildman–Crippen MR) is 180 cm³/mol. The molecule has 14 nitrogen and oxygen atoms in total. The van der Waals surface area contributed by atoms with E-state index in [1.165, 1.54) is 50.1 Å². The van der Waals surface area contributed by atoms with Crippen LogP contribution in [0.25, 0.3) is 10.8 Å². The van der Waals surface area contributed by atoms with Crippen LogP contribution in [0.4, 0.5) is 10.5 Å². The third kappa shape index (κ3) is 8.03. The highest BCUT2D eigenvalue weighted by Gasteiger charge is 2.37. The number of carboxylic acid groups (broad SMARTS) is 1. The van der Waals surface area contributed by atoms with E-state index in [0.29, 0.717) is 22.1 Å². The maximum Gasteiger partial charge on any atom is 0.410 e. The van der Waals surface area contributed by atoms with Crippen LogP contribution in [0.3, 0.4) is 0 Å². The molecule has 1 aliphatic heterocycles. The van der Waals surface area contributed by atoms with Gasteiger partial charge < -0.3 is 39.5 Å². The molecule has 3 N–H and O–H groups in total. The largest absolute Gasteiger partial charge is 0.496 e. The molecule has 0 saturated carbocycles. The number of likely N-dealkylation sites (N-methyl/N-ethyl adjacent to an activating group) is 2. The molecule has 1 aliphatic rings. The molecule has 3 aromatic rings. The minimum atomic E-state index is -1.26. The number of carboxylic acids is 1. The summed E-state index contributed by atoms with van der Waals surface area (Å²) in [6, 6.07) is 10.4. The molecule has 262 valence electrons. The number of para-hydroxylation sites is 1. The first kappa shape index (κ1) is 36.5. The first-order valence-corrected chi connectivity index (χ1v) is 15.6. The van der Waals surface area contributed by atoms with Crippen molar-refractivity contribution in [3.63, 3.8) is 0 Å². The smallest absolute Gasteiger partial charge is 0.410 e. The van der Waals surface area contributed by atoms with E-state index >= 15 is 0 Å². The molecule has 1 heterocycles. The fourth-order valence-corrected chi connectivity index (χ4v) is 5.31. The summed E-state index contributed by atoms with van der Waals surface area (Å²) in [4.78, 5) is 69.5. The summed E-state index contributed by atoms with van der Waals surface area (Å²) in [5.74, 6) is -2.27. The number of nitrogens with zero attached hydrogens (tertiary/aromatic N) is 3. The maximum atomic E-state index is 14.4. The molecule has 0 unspecified atom stereocenters. The average Bonchev–Trinajstić information content (AvgIpc) is 3.18. The van der Waals surface area contributed by atoms with Crippen molar-refractivity contribution in [1.29, 1.82) is 0 Å². The highest BCUT2D eigenvalue weighted by molar-refractivity contribution is 6.06. The number of aliphatic hydroxyl groups excluding tert-OH is 1. The van der Waals surface area contributed by atoms with Crippen molar-refractivity contribution >= 4 is 46.2 Å². The summed E-state index contributed by atoms with van der Waals surface area (Å²) < 4.78 is 17.2. The van der Waals surface area contributed by atoms with E-state index in [2.05, 4.69) is 5.32 Å². The number of ether oxygens (including phenoxy) is 3. The fourth-order valence-electron chi connectivity index (χ4n) is 5.31. The zero-order valence-corrected chi connectivity index (χ0v) is 28.6. The van der Waals surface area contributed by atoms with Crippen LogP contribution in [0.2, 0.25) is 0 Å². The van der Waals surface area contributed by atoms with Crippen LogP contribution in [0.1, 0.15) is 54.0 Å². The third-order valence-electron chi connectivity index (χ3n) is 8.09. The molecule has 4 amide bonds. The Morgan fingerprint density at radius 1 is 1.10 bits per heavy atom. The van der Waals surface area contributed by atoms with Gasteiger partial charge in [-0.15, -0.1) is 0 Å². The van der Waals surface area contributed by atoms with Crippen LogP contribution < -0.4 is 19.7 Å². The van der Waals surface area contributed by atoms with Gasteiger partial charge in [0.1, 0.15) is 30.0 Å². The number of rotatable bonds is 10. The average molecular weight is 679 g/mol. The van der Waals surface area contributed by atoms with Gasteiger partial charge in [0.25, 0.3) is 11.8 Å². The first-order chi connectivity index (χ1) is 23.1. The fraction of sp³-hybridized carbons (Fsp3) is 0.400. The van der Waals surface area contributed by atoms with Crippen LogP contribution in [-0.2, 0) is 20.9 Å². The number of hydrogen-bond donors (Lipinski definition) is 3. The molecule has 0 bridgehead atoms. The molecular formula is C35H42N4O10. The topological polar surface area (TPSA) is 175 Å². The minimum absolute atomic E-state index is 0.0540. The zero-order chi connectivity index (χ0) is 36.2. The summed E-state index contributed by atoms with van der Waals surface area (Å²) in [6.07, 6.45) is -0.725. The van der Waals surface area contributed by atoms with Gasteiger partial charge in [0.05, 0.1) is 37.1 Å². The van der Waals surface area contributed by atoms with Gasteiger partial charge in [-0.25, -0.2) is 9.59 Å². The molecule has 0 radical (unpaired) electrons. The lowest BCUT2D eigenvalue weighted by Gasteiger charge is -2.30. The van der Waals surface area contributed by atoms with Crippen molar-refractivity contribution in [3.05, 3.63) is 65.2 Å². The monoisotopic (exact) mass is 678 g/mol. The Morgan fingerprint density at radius 3 is 2.45 bits per heavy atom. The van der Waals surface area contributed by atoms with E-state index < -0.39 is 47.5 Å². The second-order valence-corrected chi connectivity index (χ2v) is 12.7. The minimum Gasteiger partial charge on any atom is -0.496 e. The van der Waals surface area contributed by atoms with E-state index in [1.54, 1.807) is 57.2 Å². The lowest BCUT2D eigenvalue weighted by atomic mass is 10.00. The highest BCUT2D eigenvalue weighted by atomic mass is 16.6. The van der Waals surface area contributed by atoms with Crippen molar-refractivity contribution in [2.45, 2.75) is 51.9 Å². The van der Waals surface area contributed by atoms with Crippen LogP contribution >= 0.6 is 0 Å². The van der Waals surface area contributed by atoms with Gasteiger partial charge in [0.2, 0.25) is 5.91 Å². The lowest BCUT2D eigenvalue weighted by Crippen LogP contribution is -2.55. The molecule has 0 saturated heterocycles. The zero-order valence-electron chi connectivity index (χ0n) is 28.6. The van der Waals surface area contributed by atoms with E-state index in [9.17, 15) is 34.2 Å². The Labute approximate surface area is 284 Å². The van der Waals surface area contributed by atoms with Crippen molar-refractivity contribution in [2.24, 2.45) is 0 Å². The molecule has 0 aromatic heterocycles. The molecule has 3 aromatic carbocycles. The van der Waals surface area contributed by atoms with E-state index in [0.717, 1.165) is 4.90 Å². The number of amides is 4. The number of carbonyl (C=O) groups excluding carboxylic acids is 4. The second-order valence-electron chi connectivity index (χ2n) is 12.7. The third-order valence-corrected chi connectivity index (χ3v) is 8.09. The summed E-state index contributed by atoms with van der Waals surface area (Å²) in [6.45, 7) is 5.92.